The van der Waals surface area contributed by atoms with E-state index in [4.69, 9.17) is 4.74 Å². The highest BCUT2D eigenvalue weighted by molar-refractivity contribution is 5.98. The van der Waals surface area contributed by atoms with Crippen LogP contribution in [0.15, 0.2) is 109 Å². The van der Waals surface area contributed by atoms with Gasteiger partial charge >= 0.3 is 5.97 Å². The molecule has 0 saturated carbocycles. The Hall–Kier alpha value is -4.81. The molecule has 0 fully saturated rings. The largest absolute Gasteiger partial charge is 0.481 e. The summed E-state index contributed by atoms with van der Waals surface area (Å²) in [6.45, 7) is 7.05. The van der Waals surface area contributed by atoms with Crippen molar-refractivity contribution in [1.82, 2.24) is 10.3 Å². The fourth-order valence-corrected chi connectivity index (χ4v) is 5.17. The lowest BCUT2D eigenvalue weighted by molar-refractivity contribution is -0.137. The molecule has 2 N–H and O–H groups in total. The van der Waals surface area contributed by atoms with Crippen molar-refractivity contribution in [3.8, 4) is 22.6 Å². The number of hydrogen-bond donors (Lipinski definition) is 2. The van der Waals surface area contributed by atoms with E-state index in [1.807, 2.05) is 91.0 Å². The number of carboxylic acid groups (broad SMARTS) is 1. The number of pyridine rings is 1. The average molecular weight is 587 g/mol. The predicted molar refractivity (Wildman–Crippen MR) is 175 cm³/mol. The Morgan fingerprint density at radius 2 is 1.50 bits per heavy atom. The van der Waals surface area contributed by atoms with Gasteiger partial charge in [-0.1, -0.05) is 93.6 Å². The van der Waals surface area contributed by atoms with E-state index in [0.29, 0.717) is 30.8 Å². The summed E-state index contributed by atoms with van der Waals surface area (Å²) in [6, 6.07) is 33.3. The van der Waals surface area contributed by atoms with E-state index in [-0.39, 0.29) is 23.7 Å². The van der Waals surface area contributed by atoms with Crippen LogP contribution >= 0.6 is 0 Å². The first-order valence-corrected chi connectivity index (χ1v) is 15.0. The Bertz CT molecular complexity index is 1720. The molecule has 1 heterocycles. The summed E-state index contributed by atoms with van der Waals surface area (Å²) in [5, 5.41) is 14.6. The van der Waals surface area contributed by atoms with Crippen molar-refractivity contribution < 1.29 is 19.4 Å². The monoisotopic (exact) mass is 586 g/mol. The van der Waals surface area contributed by atoms with Gasteiger partial charge in [0.25, 0.3) is 0 Å². The molecule has 0 aliphatic heterocycles. The van der Waals surface area contributed by atoms with Gasteiger partial charge in [-0.15, -0.1) is 0 Å². The molecule has 4 aromatic carbocycles. The summed E-state index contributed by atoms with van der Waals surface area (Å²) in [6.07, 6.45) is 2.54. The van der Waals surface area contributed by atoms with Gasteiger partial charge in [-0.05, 0) is 76.4 Å². The second-order valence-corrected chi connectivity index (χ2v) is 12.1. The van der Waals surface area contributed by atoms with Gasteiger partial charge in [0.05, 0.1) is 6.42 Å². The quantitative estimate of drug-likeness (QED) is 0.112. The zero-order valence-corrected chi connectivity index (χ0v) is 25.4. The molecule has 0 aliphatic rings. The molecule has 0 bridgehead atoms. The van der Waals surface area contributed by atoms with Crippen LogP contribution in [0.4, 0.5) is 0 Å². The van der Waals surface area contributed by atoms with Gasteiger partial charge in [0, 0.05) is 24.0 Å². The topological polar surface area (TPSA) is 88.5 Å². The van der Waals surface area contributed by atoms with Crippen molar-refractivity contribution in [1.29, 1.82) is 0 Å². The molecule has 6 heteroatoms. The molecule has 1 unspecified atom stereocenters. The molecule has 0 spiro atoms. The molecule has 1 atom stereocenters. The number of nitrogens with zero attached hydrogens (tertiary/aromatic N) is 1. The fraction of sp³-hybridized carbons (Fsp3) is 0.237. The average Bonchev–Trinajstić information content (AvgIpc) is 3.02. The maximum Gasteiger partial charge on any atom is 0.305 e. The van der Waals surface area contributed by atoms with Gasteiger partial charge < -0.3 is 15.2 Å². The Morgan fingerprint density at radius 3 is 2.18 bits per heavy atom. The van der Waals surface area contributed by atoms with E-state index in [0.717, 1.165) is 33.2 Å². The van der Waals surface area contributed by atoms with Gasteiger partial charge in [-0.3, -0.25) is 14.6 Å². The van der Waals surface area contributed by atoms with Crippen LogP contribution in [0.3, 0.4) is 0 Å². The smallest absolute Gasteiger partial charge is 0.305 e. The number of nitrogens with one attached hydrogen (secondary N) is 1. The predicted octanol–water partition coefficient (Wildman–Crippen LogP) is 8.76. The number of fused-ring (bicyclic) bond motifs is 1. The number of carbonyl (C=O) groups excluding carboxylic acids is 1. The Labute approximate surface area is 258 Å². The normalized spacial score (nSPS) is 12.2. The number of ketones is 1. The highest BCUT2D eigenvalue weighted by Crippen LogP contribution is 2.29. The van der Waals surface area contributed by atoms with Crippen molar-refractivity contribution in [2.45, 2.75) is 51.5 Å². The van der Waals surface area contributed by atoms with E-state index in [1.54, 1.807) is 6.20 Å². The number of hydrogen-bond acceptors (Lipinski definition) is 5. The standard InChI is InChI=1S/C38H38N2O4/c1-38(2,3)31-16-19-32(20-17-31)44-33-18-15-29-23-35(40-25-30(29)22-33)36(41)10-7-21-39-34(24-37(42)43)28-13-11-27(12-14-28)26-8-5-4-6-9-26/h4-6,8-9,11-20,22-23,25,34,39H,7,10,21,24H2,1-3H3,(H,42,43). The minimum Gasteiger partial charge on any atom is -0.481 e. The van der Waals surface area contributed by atoms with Crippen molar-refractivity contribution in [2.75, 3.05) is 6.54 Å². The molecule has 44 heavy (non-hydrogen) atoms. The van der Waals surface area contributed by atoms with E-state index in [2.05, 4.69) is 43.2 Å². The lowest BCUT2D eigenvalue weighted by atomic mass is 9.87. The summed E-state index contributed by atoms with van der Waals surface area (Å²) < 4.78 is 6.06. The highest BCUT2D eigenvalue weighted by Gasteiger charge is 2.16. The third-order valence-electron chi connectivity index (χ3n) is 7.71. The molecule has 0 radical (unpaired) electrons. The van der Waals surface area contributed by atoms with Crippen LogP contribution in [-0.2, 0) is 10.2 Å². The molecule has 224 valence electrons. The number of aromatic nitrogens is 1. The van der Waals surface area contributed by atoms with Crippen molar-refractivity contribution >= 4 is 22.5 Å². The van der Waals surface area contributed by atoms with Gasteiger partial charge in [-0.2, -0.15) is 0 Å². The number of benzene rings is 4. The SMILES string of the molecule is CC(C)(C)c1ccc(Oc2ccc3cc(C(=O)CCCNC(CC(=O)O)c4ccc(-c5ccccc5)cc4)ncc3c2)cc1. The molecule has 0 amide bonds. The molecule has 0 aliphatic carbocycles. The molecule has 0 saturated heterocycles. The van der Waals surface area contributed by atoms with Gasteiger partial charge in [0.1, 0.15) is 17.2 Å². The Morgan fingerprint density at radius 1 is 0.818 bits per heavy atom. The summed E-state index contributed by atoms with van der Waals surface area (Å²) in [4.78, 5) is 28.9. The molecule has 6 nitrogen and oxygen atoms in total. The van der Waals surface area contributed by atoms with Crippen LogP contribution in [0, 0.1) is 0 Å². The fourth-order valence-electron chi connectivity index (χ4n) is 5.17. The van der Waals surface area contributed by atoms with Crippen molar-refractivity contribution in [3.05, 3.63) is 126 Å². The molecule has 5 aromatic rings. The highest BCUT2D eigenvalue weighted by atomic mass is 16.5. The summed E-state index contributed by atoms with van der Waals surface area (Å²) in [7, 11) is 0. The first-order valence-electron chi connectivity index (χ1n) is 15.0. The van der Waals surface area contributed by atoms with Crippen LogP contribution < -0.4 is 10.1 Å². The van der Waals surface area contributed by atoms with Crippen LogP contribution in [0.25, 0.3) is 21.9 Å². The molecular weight excluding hydrogens is 548 g/mol. The number of Topliss-reactive ketones (excluding diaryl/α,β-unsaturated/α-hetero) is 1. The number of carbonyl (C=O) groups is 2. The number of rotatable bonds is 12. The van der Waals surface area contributed by atoms with E-state index < -0.39 is 5.97 Å². The van der Waals surface area contributed by atoms with Crippen LogP contribution in [0.2, 0.25) is 0 Å². The lowest BCUT2D eigenvalue weighted by Gasteiger charge is -2.19. The zero-order valence-electron chi connectivity index (χ0n) is 25.4. The van der Waals surface area contributed by atoms with E-state index >= 15 is 0 Å². The molecule has 1 aromatic heterocycles. The first-order chi connectivity index (χ1) is 21.2. The second kappa shape index (κ2) is 13.7. The summed E-state index contributed by atoms with van der Waals surface area (Å²) in [5.74, 6) is 0.548. The summed E-state index contributed by atoms with van der Waals surface area (Å²) >= 11 is 0. The minimum atomic E-state index is -0.877. The van der Waals surface area contributed by atoms with E-state index in [9.17, 15) is 14.7 Å². The minimum absolute atomic E-state index is 0.0429. The summed E-state index contributed by atoms with van der Waals surface area (Å²) in [5.41, 5.74) is 4.83. The number of carboxylic acids is 1. The number of aliphatic carboxylic acids is 1. The van der Waals surface area contributed by atoms with Gasteiger partial charge in [-0.25, -0.2) is 0 Å². The Balaban J connectivity index is 1.16. The lowest BCUT2D eigenvalue weighted by Crippen LogP contribution is -2.25. The third kappa shape index (κ3) is 7.97. The van der Waals surface area contributed by atoms with Gasteiger partial charge in [0.15, 0.2) is 5.78 Å². The third-order valence-corrected chi connectivity index (χ3v) is 7.71. The van der Waals surface area contributed by atoms with E-state index in [1.165, 1.54) is 5.56 Å². The maximum atomic E-state index is 13.0. The van der Waals surface area contributed by atoms with Crippen LogP contribution in [-0.4, -0.2) is 28.4 Å². The van der Waals surface area contributed by atoms with Crippen LogP contribution in [0.5, 0.6) is 11.5 Å². The first kappa shape index (κ1) is 30.6. The van der Waals surface area contributed by atoms with Crippen LogP contribution in [0.1, 0.15) is 67.7 Å². The second-order valence-electron chi connectivity index (χ2n) is 12.1. The zero-order chi connectivity index (χ0) is 31.1. The Kier molecular flexibility index (Phi) is 9.51. The molecular formula is C38H38N2O4. The maximum absolute atomic E-state index is 13.0. The van der Waals surface area contributed by atoms with Crippen molar-refractivity contribution in [3.63, 3.8) is 0 Å². The molecule has 5 rings (SSSR count). The van der Waals surface area contributed by atoms with Crippen molar-refractivity contribution in [2.24, 2.45) is 0 Å². The number of ether oxygens (including phenoxy) is 1. The van der Waals surface area contributed by atoms with Gasteiger partial charge in [0.2, 0.25) is 0 Å².